The van der Waals surface area contributed by atoms with Crippen LogP contribution in [0.4, 0.5) is 0 Å². The minimum atomic E-state index is -0.00622. The van der Waals surface area contributed by atoms with Crippen LogP contribution in [-0.2, 0) is 4.79 Å². The van der Waals surface area contributed by atoms with Gasteiger partial charge < -0.3 is 5.32 Å². The highest BCUT2D eigenvalue weighted by Gasteiger charge is 2.12. The van der Waals surface area contributed by atoms with Gasteiger partial charge in [0.15, 0.2) is 8.29 Å². The number of hydrogen-bond donors (Lipinski definition) is 1. The van der Waals surface area contributed by atoms with E-state index in [9.17, 15) is 4.79 Å². The number of thiophene rings is 1. The third-order valence-electron chi connectivity index (χ3n) is 3.20. The maximum atomic E-state index is 12.1. The summed E-state index contributed by atoms with van der Waals surface area (Å²) >= 11 is 9.83. The second-order valence-corrected chi connectivity index (χ2v) is 8.80. The van der Waals surface area contributed by atoms with E-state index in [1.807, 2.05) is 54.8 Å². The fourth-order valence-corrected chi connectivity index (χ4v) is 4.98. The summed E-state index contributed by atoms with van der Waals surface area (Å²) < 4.78 is 3.20. The lowest BCUT2D eigenvalue weighted by molar-refractivity contribution is -0.119. The van der Waals surface area contributed by atoms with Crippen LogP contribution in [0.15, 0.2) is 52.2 Å². The van der Waals surface area contributed by atoms with Crippen LogP contribution in [0.5, 0.6) is 0 Å². The first-order valence-electron chi connectivity index (χ1n) is 7.24. The van der Waals surface area contributed by atoms with Crippen molar-refractivity contribution >= 4 is 52.6 Å². The lowest BCUT2D eigenvalue weighted by Gasteiger charge is -2.11. The van der Waals surface area contributed by atoms with Gasteiger partial charge >= 0.3 is 0 Å². The van der Waals surface area contributed by atoms with E-state index in [2.05, 4.69) is 10.4 Å². The van der Waals surface area contributed by atoms with Crippen molar-refractivity contribution < 1.29 is 4.79 Å². The van der Waals surface area contributed by atoms with E-state index in [1.54, 1.807) is 16.0 Å². The Morgan fingerprint density at radius 2 is 2.12 bits per heavy atom. The van der Waals surface area contributed by atoms with Crippen LogP contribution in [-0.4, -0.2) is 21.4 Å². The fourth-order valence-electron chi connectivity index (χ4n) is 2.07. The van der Waals surface area contributed by atoms with E-state index in [0.717, 1.165) is 14.9 Å². The van der Waals surface area contributed by atoms with E-state index >= 15 is 0 Å². The average molecular weight is 394 g/mol. The highest BCUT2D eigenvalue weighted by molar-refractivity contribution is 8.01. The van der Waals surface area contributed by atoms with E-state index in [4.69, 9.17) is 12.2 Å². The Hall–Kier alpha value is -1.48. The summed E-state index contributed by atoms with van der Waals surface area (Å²) in [5, 5.41) is 9.51. The first kappa shape index (κ1) is 17.3. The smallest absolute Gasteiger partial charge is 0.230 e. The van der Waals surface area contributed by atoms with Crippen LogP contribution in [0.1, 0.15) is 17.8 Å². The van der Waals surface area contributed by atoms with Gasteiger partial charge in [-0.2, -0.15) is 0 Å². The average Bonchev–Trinajstić information content (AvgIpc) is 3.23. The molecule has 3 aromatic rings. The van der Waals surface area contributed by atoms with Gasteiger partial charge in [-0.3, -0.25) is 4.79 Å². The Morgan fingerprint density at radius 3 is 2.83 bits per heavy atom. The maximum Gasteiger partial charge on any atom is 0.230 e. The lowest BCUT2D eigenvalue weighted by Crippen LogP contribution is -2.27. The van der Waals surface area contributed by atoms with Crippen molar-refractivity contribution in [3.63, 3.8) is 0 Å². The quantitative estimate of drug-likeness (QED) is 0.487. The molecule has 0 radical (unpaired) electrons. The van der Waals surface area contributed by atoms with Crippen molar-refractivity contribution in [3.8, 4) is 5.69 Å². The van der Waals surface area contributed by atoms with Gasteiger partial charge in [-0.15, -0.1) is 16.4 Å². The Labute approximate surface area is 157 Å². The van der Waals surface area contributed by atoms with Crippen molar-refractivity contribution in [2.75, 3.05) is 5.75 Å². The number of carbonyl (C=O) groups is 1. The number of carbonyl (C=O) groups excluding carboxylic acids is 1. The van der Waals surface area contributed by atoms with Gasteiger partial charge in [-0.1, -0.05) is 47.4 Å². The first-order chi connectivity index (χ1) is 11.6. The second-order valence-electron chi connectivity index (χ2n) is 4.97. The van der Waals surface area contributed by atoms with Gasteiger partial charge in [0, 0.05) is 4.88 Å². The van der Waals surface area contributed by atoms with Crippen LogP contribution < -0.4 is 5.32 Å². The van der Waals surface area contributed by atoms with Crippen LogP contribution in [0, 0.1) is 3.95 Å². The third-order valence-corrected chi connectivity index (χ3v) is 6.62. The number of nitrogens with zero attached hydrogens (tertiary/aromatic N) is 2. The number of amides is 1. The number of hydrogen-bond acceptors (Lipinski definition) is 6. The normalized spacial score (nSPS) is 12.0. The lowest BCUT2D eigenvalue weighted by atomic mass is 10.3. The number of rotatable bonds is 6. The molecule has 0 spiro atoms. The van der Waals surface area contributed by atoms with E-state index in [-0.39, 0.29) is 11.9 Å². The molecule has 0 bridgehead atoms. The Balaban J connectivity index is 1.59. The molecule has 1 N–H and O–H groups in total. The van der Waals surface area contributed by atoms with Crippen LogP contribution >= 0.6 is 46.7 Å². The molecule has 24 heavy (non-hydrogen) atoms. The van der Waals surface area contributed by atoms with Crippen molar-refractivity contribution in [2.24, 2.45) is 0 Å². The summed E-state index contributed by atoms with van der Waals surface area (Å²) in [5.41, 5.74) is 0.932. The van der Waals surface area contributed by atoms with Crippen LogP contribution in [0.3, 0.4) is 0 Å². The van der Waals surface area contributed by atoms with Gasteiger partial charge in [-0.05, 0) is 42.7 Å². The van der Waals surface area contributed by atoms with Crippen molar-refractivity contribution in [3.05, 3.63) is 56.7 Å². The molecule has 1 amide bonds. The molecular formula is C16H15N3OS4. The number of nitrogens with one attached hydrogen (secondary N) is 1. The summed E-state index contributed by atoms with van der Waals surface area (Å²) in [6.07, 6.45) is 0. The topological polar surface area (TPSA) is 46.9 Å². The van der Waals surface area contributed by atoms with Gasteiger partial charge in [0.25, 0.3) is 0 Å². The summed E-state index contributed by atoms with van der Waals surface area (Å²) in [4.78, 5) is 13.3. The fraction of sp³-hybridized carbons (Fsp3) is 0.188. The molecule has 2 aromatic heterocycles. The zero-order valence-electron chi connectivity index (χ0n) is 12.8. The molecule has 0 aliphatic rings. The zero-order chi connectivity index (χ0) is 16.9. The molecule has 0 unspecified atom stereocenters. The first-order valence-corrected chi connectivity index (χ1v) is 10.3. The molecule has 4 nitrogen and oxygen atoms in total. The van der Waals surface area contributed by atoms with E-state index in [0.29, 0.717) is 9.71 Å². The Morgan fingerprint density at radius 1 is 1.33 bits per heavy atom. The highest BCUT2D eigenvalue weighted by Crippen LogP contribution is 2.24. The largest absolute Gasteiger partial charge is 0.348 e. The zero-order valence-corrected chi connectivity index (χ0v) is 16.1. The Bertz CT molecular complexity index is 855. The summed E-state index contributed by atoms with van der Waals surface area (Å²) in [5.74, 6) is 0.320. The van der Waals surface area contributed by atoms with E-state index in [1.165, 1.54) is 23.1 Å². The SMILES string of the molecule is C[C@@H](NC(=O)CSc1nn(-c2ccccc2)c(=S)s1)c1cccs1. The van der Waals surface area contributed by atoms with Crippen molar-refractivity contribution in [2.45, 2.75) is 17.3 Å². The molecule has 2 heterocycles. The Kier molecular flexibility index (Phi) is 5.83. The standard InChI is InChI=1S/C16H15N3OS4/c1-11(13-8-5-9-22-13)17-14(20)10-23-15-18-19(16(21)24-15)12-6-3-2-4-7-12/h2-9,11H,10H2,1H3,(H,17,20)/t11-/m1/s1. The van der Waals surface area contributed by atoms with Gasteiger partial charge in [-0.25, -0.2) is 4.68 Å². The molecule has 0 aliphatic heterocycles. The third kappa shape index (κ3) is 4.32. The van der Waals surface area contributed by atoms with Gasteiger partial charge in [0.05, 0.1) is 17.5 Å². The molecule has 0 saturated heterocycles. The summed E-state index contributed by atoms with van der Waals surface area (Å²) in [7, 11) is 0. The van der Waals surface area contributed by atoms with Gasteiger partial charge in [0.2, 0.25) is 5.91 Å². The second kappa shape index (κ2) is 8.06. The minimum absolute atomic E-state index is 0.00622. The molecule has 3 rings (SSSR count). The van der Waals surface area contributed by atoms with Crippen molar-refractivity contribution in [1.82, 2.24) is 15.1 Å². The molecule has 0 aliphatic carbocycles. The molecule has 1 aromatic carbocycles. The predicted octanol–water partition coefficient (Wildman–Crippen LogP) is 4.69. The van der Waals surface area contributed by atoms with Gasteiger partial charge in [0.1, 0.15) is 0 Å². The molecule has 0 fully saturated rings. The number of benzene rings is 1. The molecule has 1 atom stereocenters. The maximum absolute atomic E-state index is 12.1. The number of para-hydroxylation sites is 1. The highest BCUT2D eigenvalue weighted by atomic mass is 32.2. The van der Waals surface area contributed by atoms with Crippen LogP contribution in [0.25, 0.3) is 5.69 Å². The van der Waals surface area contributed by atoms with Crippen LogP contribution in [0.2, 0.25) is 0 Å². The monoisotopic (exact) mass is 393 g/mol. The van der Waals surface area contributed by atoms with Crippen molar-refractivity contribution in [1.29, 1.82) is 0 Å². The minimum Gasteiger partial charge on any atom is -0.348 e. The number of aromatic nitrogens is 2. The van der Waals surface area contributed by atoms with E-state index < -0.39 is 0 Å². The number of thioether (sulfide) groups is 1. The summed E-state index contributed by atoms with van der Waals surface area (Å²) in [6, 6.07) is 13.8. The molecule has 124 valence electrons. The predicted molar refractivity (Wildman–Crippen MR) is 104 cm³/mol. The molecule has 8 heteroatoms. The molecular weight excluding hydrogens is 378 g/mol. The molecule has 0 saturated carbocycles. The summed E-state index contributed by atoms with van der Waals surface area (Å²) in [6.45, 7) is 1.99.